The van der Waals surface area contributed by atoms with Crippen LogP contribution in [0.4, 0.5) is 4.79 Å². The minimum absolute atomic E-state index is 0.0782. The van der Waals surface area contributed by atoms with Crippen LogP contribution in [0.15, 0.2) is 0 Å². The van der Waals surface area contributed by atoms with Gasteiger partial charge in [-0.15, -0.1) is 0 Å². The number of hydrogen-bond acceptors (Lipinski definition) is 3. The summed E-state index contributed by atoms with van der Waals surface area (Å²) in [5, 5.41) is 11.4. The van der Waals surface area contributed by atoms with Gasteiger partial charge in [0.05, 0.1) is 13.1 Å². The van der Waals surface area contributed by atoms with Gasteiger partial charge in [0, 0.05) is 6.54 Å². The van der Waals surface area contributed by atoms with Gasteiger partial charge in [-0.25, -0.2) is 9.59 Å². The van der Waals surface area contributed by atoms with Gasteiger partial charge in [-0.05, 0) is 25.2 Å². The fraction of sp³-hybridized carbons (Fsp3) is 0.833. The van der Waals surface area contributed by atoms with Gasteiger partial charge < -0.3 is 20.1 Å². The first-order chi connectivity index (χ1) is 8.39. The minimum Gasteiger partial charge on any atom is -0.480 e. The quantitative estimate of drug-likeness (QED) is 0.752. The highest BCUT2D eigenvalue weighted by Crippen LogP contribution is 2.36. The zero-order valence-electron chi connectivity index (χ0n) is 10.8. The Morgan fingerprint density at radius 3 is 2.61 bits per heavy atom. The van der Waals surface area contributed by atoms with Crippen LogP contribution in [0.5, 0.6) is 0 Å². The van der Waals surface area contributed by atoms with Crippen LogP contribution >= 0.6 is 0 Å². The maximum absolute atomic E-state index is 11.7. The van der Waals surface area contributed by atoms with Crippen molar-refractivity contribution in [3.05, 3.63) is 0 Å². The molecular weight excluding hydrogens is 236 g/mol. The molecule has 2 unspecified atom stereocenters. The minimum atomic E-state index is -0.984. The van der Waals surface area contributed by atoms with Gasteiger partial charge in [-0.1, -0.05) is 6.92 Å². The summed E-state index contributed by atoms with van der Waals surface area (Å²) in [5.41, 5.74) is -0.511. The number of urea groups is 1. The number of nitrogens with zero attached hydrogens (tertiary/aromatic N) is 1. The lowest BCUT2D eigenvalue weighted by Gasteiger charge is -2.46. The lowest BCUT2D eigenvalue weighted by molar-refractivity contribution is -0.159. The fourth-order valence-electron chi connectivity index (χ4n) is 2.25. The first-order valence-electron chi connectivity index (χ1n) is 6.28. The van der Waals surface area contributed by atoms with Gasteiger partial charge in [0.1, 0.15) is 12.2 Å². The van der Waals surface area contributed by atoms with Crippen molar-refractivity contribution in [2.75, 3.05) is 26.2 Å². The number of rotatable bonds is 5. The number of ether oxygens (including phenoxy) is 1. The van der Waals surface area contributed by atoms with E-state index in [1.54, 1.807) is 4.90 Å². The number of carboxylic acids is 1. The van der Waals surface area contributed by atoms with Crippen LogP contribution < -0.4 is 5.32 Å². The van der Waals surface area contributed by atoms with Gasteiger partial charge in [0.25, 0.3) is 0 Å². The van der Waals surface area contributed by atoms with E-state index in [9.17, 15) is 9.59 Å². The van der Waals surface area contributed by atoms with E-state index in [0.717, 1.165) is 12.5 Å². The molecule has 2 amide bonds. The van der Waals surface area contributed by atoms with E-state index in [1.165, 1.54) is 6.42 Å². The molecule has 0 aromatic heterocycles. The number of hydrogen-bond donors (Lipinski definition) is 2. The molecule has 0 bridgehead atoms. The normalized spacial score (nSPS) is 28.4. The van der Waals surface area contributed by atoms with E-state index < -0.39 is 11.6 Å². The second kappa shape index (κ2) is 4.76. The molecule has 1 saturated heterocycles. The Balaban J connectivity index is 1.64. The second-order valence-electron chi connectivity index (χ2n) is 5.65. The zero-order chi connectivity index (χ0) is 13.3. The molecule has 1 aliphatic carbocycles. The van der Waals surface area contributed by atoms with Crippen LogP contribution in [0.3, 0.4) is 0 Å². The predicted molar refractivity (Wildman–Crippen MR) is 64.2 cm³/mol. The maximum atomic E-state index is 11.7. The van der Waals surface area contributed by atoms with Crippen molar-refractivity contribution < 1.29 is 19.4 Å². The number of aliphatic carboxylic acids is 1. The van der Waals surface area contributed by atoms with Crippen molar-refractivity contribution in [1.82, 2.24) is 10.2 Å². The Morgan fingerprint density at radius 1 is 1.50 bits per heavy atom. The molecule has 6 nitrogen and oxygen atoms in total. The van der Waals surface area contributed by atoms with Crippen molar-refractivity contribution in [2.45, 2.75) is 25.9 Å². The molecule has 6 heteroatoms. The Hall–Kier alpha value is -1.30. The molecule has 0 radical (unpaired) electrons. The molecule has 1 heterocycles. The zero-order valence-corrected chi connectivity index (χ0v) is 10.8. The van der Waals surface area contributed by atoms with Crippen LogP contribution in [-0.4, -0.2) is 53.8 Å². The molecule has 1 aliphatic heterocycles. The highest BCUT2D eigenvalue weighted by atomic mass is 16.5. The number of nitrogens with one attached hydrogen (secondary N) is 1. The molecule has 2 rings (SSSR count). The number of carbonyl (C=O) groups excluding carboxylic acids is 1. The average molecular weight is 256 g/mol. The van der Waals surface area contributed by atoms with Gasteiger partial charge >= 0.3 is 12.0 Å². The van der Waals surface area contributed by atoms with Gasteiger partial charge in [-0.2, -0.15) is 0 Å². The highest BCUT2D eigenvalue weighted by molar-refractivity contribution is 5.75. The Kier molecular flexibility index (Phi) is 3.47. The molecule has 2 atom stereocenters. The molecule has 18 heavy (non-hydrogen) atoms. The third-order valence-corrected chi connectivity index (χ3v) is 3.67. The standard InChI is InChI=1S/C12H20N2O4/c1-8-3-9(8)4-13-11(17)14-6-12(2,7-14)18-5-10(15)16/h8-9H,3-7H2,1-2H3,(H,13,17)(H,15,16). The summed E-state index contributed by atoms with van der Waals surface area (Å²) in [4.78, 5) is 23.8. The van der Waals surface area contributed by atoms with Crippen molar-refractivity contribution in [2.24, 2.45) is 11.8 Å². The Bertz CT molecular complexity index is 352. The van der Waals surface area contributed by atoms with E-state index in [-0.39, 0.29) is 12.6 Å². The van der Waals surface area contributed by atoms with Crippen LogP contribution in [0, 0.1) is 11.8 Å². The molecule has 2 N–H and O–H groups in total. The van der Waals surface area contributed by atoms with Crippen molar-refractivity contribution in [1.29, 1.82) is 0 Å². The fourth-order valence-corrected chi connectivity index (χ4v) is 2.25. The van der Waals surface area contributed by atoms with Crippen molar-refractivity contribution in [3.63, 3.8) is 0 Å². The van der Waals surface area contributed by atoms with Crippen molar-refractivity contribution >= 4 is 12.0 Å². The highest BCUT2D eigenvalue weighted by Gasteiger charge is 2.43. The van der Waals surface area contributed by atoms with E-state index in [1.807, 2.05) is 6.92 Å². The third kappa shape index (κ3) is 3.13. The van der Waals surface area contributed by atoms with Crippen LogP contribution in [0.1, 0.15) is 20.3 Å². The smallest absolute Gasteiger partial charge is 0.329 e. The van der Waals surface area contributed by atoms with Gasteiger partial charge in [0.2, 0.25) is 0 Å². The summed E-state index contributed by atoms with van der Waals surface area (Å²) in [5.74, 6) is 0.373. The van der Waals surface area contributed by atoms with Crippen molar-refractivity contribution in [3.8, 4) is 0 Å². The third-order valence-electron chi connectivity index (χ3n) is 3.67. The SMILES string of the molecule is CC1CC1CNC(=O)N1CC(C)(OCC(=O)O)C1. The van der Waals surface area contributed by atoms with E-state index in [0.29, 0.717) is 19.0 Å². The van der Waals surface area contributed by atoms with E-state index in [2.05, 4.69) is 12.2 Å². The summed E-state index contributed by atoms with van der Waals surface area (Å²) >= 11 is 0. The Labute approximate surface area is 106 Å². The summed E-state index contributed by atoms with van der Waals surface area (Å²) in [6.45, 7) is 5.33. The molecule has 102 valence electrons. The Morgan fingerprint density at radius 2 is 2.11 bits per heavy atom. The van der Waals surface area contributed by atoms with Crippen LogP contribution in [-0.2, 0) is 9.53 Å². The molecule has 0 aromatic carbocycles. The van der Waals surface area contributed by atoms with Gasteiger partial charge in [-0.3, -0.25) is 0 Å². The van der Waals surface area contributed by atoms with E-state index >= 15 is 0 Å². The van der Waals surface area contributed by atoms with Gasteiger partial charge in [0.15, 0.2) is 0 Å². The summed E-state index contributed by atoms with van der Waals surface area (Å²) < 4.78 is 5.24. The monoisotopic (exact) mass is 256 g/mol. The lowest BCUT2D eigenvalue weighted by atomic mass is 9.97. The first kappa shape index (κ1) is 13.1. The molecular formula is C12H20N2O4. The number of carbonyl (C=O) groups is 2. The first-order valence-corrected chi connectivity index (χ1v) is 6.28. The molecule has 1 saturated carbocycles. The topological polar surface area (TPSA) is 78.9 Å². The second-order valence-corrected chi connectivity index (χ2v) is 5.65. The van der Waals surface area contributed by atoms with E-state index in [4.69, 9.17) is 9.84 Å². The number of likely N-dealkylation sites (tertiary alicyclic amines) is 1. The maximum Gasteiger partial charge on any atom is 0.329 e. The number of carboxylic acid groups (broad SMARTS) is 1. The number of amides is 2. The largest absolute Gasteiger partial charge is 0.480 e. The predicted octanol–water partition coefficient (Wildman–Crippen LogP) is 0.527. The average Bonchev–Trinajstić information content (AvgIpc) is 2.95. The summed E-state index contributed by atoms with van der Waals surface area (Å²) in [6, 6.07) is -0.0782. The summed E-state index contributed by atoms with van der Waals surface area (Å²) in [7, 11) is 0. The van der Waals surface area contributed by atoms with Crippen LogP contribution in [0.25, 0.3) is 0 Å². The molecule has 2 aliphatic rings. The lowest BCUT2D eigenvalue weighted by Crippen LogP contribution is -2.65. The molecule has 0 aromatic rings. The summed E-state index contributed by atoms with van der Waals surface area (Å²) in [6.07, 6.45) is 1.19. The molecule has 0 spiro atoms. The van der Waals surface area contributed by atoms with Crippen LogP contribution in [0.2, 0.25) is 0 Å². The molecule has 2 fully saturated rings.